The number of hydrogen-bond donors (Lipinski definition) is 1. The van der Waals surface area contributed by atoms with Gasteiger partial charge >= 0.3 is 5.97 Å². The number of alkyl halides is 2. The molecule has 0 atom stereocenters. The molecule has 2 aromatic rings. The maximum Gasteiger partial charge on any atom is 0.340 e. The van der Waals surface area contributed by atoms with Crippen LogP contribution < -0.4 is 9.62 Å². The van der Waals surface area contributed by atoms with Gasteiger partial charge in [0.15, 0.2) is 0 Å². The number of amides is 1. The Morgan fingerprint density at radius 3 is 2.53 bits per heavy atom. The highest BCUT2D eigenvalue weighted by atomic mass is 35.5. The number of esters is 1. The van der Waals surface area contributed by atoms with Gasteiger partial charge in [0.2, 0.25) is 15.9 Å². The highest BCUT2D eigenvalue weighted by molar-refractivity contribution is 7.89. The number of ether oxygens (including phenoxy) is 1. The summed E-state index contributed by atoms with van der Waals surface area (Å²) in [5.41, 5.74) is -1.07. The van der Waals surface area contributed by atoms with Gasteiger partial charge in [-0.25, -0.2) is 27.0 Å². The second kappa shape index (κ2) is 10.3. The summed E-state index contributed by atoms with van der Waals surface area (Å²) in [4.78, 5) is 29.6. The minimum Gasteiger partial charge on any atom is -0.462 e. The van der Waals surface area contributed by atoms with Crippen molar-refractivity contribution in [3.63, 3.8) is 0 Å². The molecule has 1 fully saturated rings. The molecule has 1 aliphatic heterocycles. The van der Waals surface area contributed by atoms with E-state index in [9.17, 15) is 32.0 Å². The van der Waals surface area contributed by atoms with Crippen molar-refractivity contribution in [3.05, 3.63) is 57.7 Å². The Bertz CT molecular complexity index is 1240. The SMILES string of the molecule is CCOC(=O)c1cc(C#N)c(N2CC(C(=O)NS(=O)(=O)Cc3ccc(Cl)cc3)C2)nc1C(F)F. The van der Waals surface area contributed by atoms with Gasteiger partial charge in [-0.05, 0) is 30.7 Å². The van der Waals surface area contributed by atoms with Crippen molar-refractivity contribution >= 4 is 39.3 Å². The molecule has 1 aliphatic rings. The summed E-state index contributed by atoms with van der Waals surface area (Å²) in [6.45, 7) is 1.36. The van der Waals surface area contributed by atoms with Crippen LogP contribution in [0.15, 0.2) is 30.3 Å². The van der Waals surface area contributed by atoms with Gasteiger partial charge in [0, 0.05) is 18.1 Å². The number of pyridine rings is 1. The van der Waals surface area contributed by atoms with Crippen molar-refractivity contribution in [3.8, 4) is 6.07 Å². The molecule has 0 bridgehead atoms. The third-order valence-corrected chi connectivity index (χ3v) is 6.41. The Labute approximate surface area is 199 Å². The summed E-state index contributed by atoms with van der Waals surface area (Å²) in [5, 5.41) is 9.85. The molecule has 0 unspecified atom stereocenters. The van der Waals surface area contributed by atoms with Crippen molar-refractivity contribution in [2.45, 2.75) is 19.1 Å². The summed E-state index contributed by atoms with van der Waals surface area (Å²) >= 11 is 5.77. The number of benzene rings is 1. The molecule has 3 rings (SSSR count). The van der Waals surface area contributed by atoms with E-state index in [1.807, 2.05) is 4.72 Å². The van der Waals surface area contributed by atoms with Gasteiger partial charge in [0.25, 0.3) is 6.43 Å². The van der Waals surface area contributed by atoms with E-state index in [1.54, 1.807) is 6.07 Å². The lowest BCUT2D eigenvalue weighted by atomic mass is 9.98. The van der Waals surface area contributed by atoms with Crippen molar-refractivity contribution < 1.29 is 31.5 Å². The highest BCUT2D eigenvalue weighted by Crippen LogP contribution is 2.31. The molecule has 0 saturated carbocycles. The Hall–Kier alpha value is -3.30. The number of anilines is 1. The van der Waals surface area contributed by atoms with E-state index in [-0.39, 0.29) is 31.1 Å². The van der Waals surface area contributed by atoms with Gasteiger partial charge in [-0.2, -0.15) is 5.26 Å². The highest BCUT2D eigenvalue weighted by Gasteiger charge is 2.37. The predicted octanol–water partition coefficient (Wildman–Crippen LogP) is 2.80. The van der Waals surface area contributed by atoms with Crippen LogP contribution in [0.25, 0.3) is 0 Å². The Morgan fingerprint density at radius 2 is 1.97 bits per heavy atom. The van der Waals surface area contributed by atoms with Gasteiger partial charge < -0.3 is 9.64 Å². The number of aromatic nitrogens is 1. The second-order valence-corrected chi connectivity index (χ2v) is 9.54. The molecule has 34 heavy (non-hydrogen) atoms. The Morgan fingerprint density at radius 1 is 1.32 bits per heavy atom. The molecule has 180 valence electrons. The monoisotopic (exact) mass is 512 g/mol. The first-order valence-corrected chi connectivity index (χ1v) is 12.0. The number of rotatable bonds is 8. The molecule has 1 N–H and O–H groups in total. The lowest BCUT2D eigenvalue weighted by Gasteiger charge is -2.39. The summed E-state index contributed by atoms with van der Waals surface area (Å²) in [5.74, 6) is -3.12. The van der Waals surface area contributed by atoms with Crippen LogP contribution in [0.5, 0.6) is 0 Å². The number of halogens is 3. The third-order valence-electron chi connectivity index (χ3n) is 4.93. The van der Waals surface area contributed by atoms with Gasteiger partial charge in [-0.15, -0.1) is 0 Å². The largest absolute Gasteiger partial charge is 0.462 e. The quantitative estimate of drug-likeness (QED) is 0.534. The van der Waals surface area contributed by atoms with Crippen LogP contribution in [0.3, 0.4) is 0 Å². The number of hydrogen-bond acceptors (Lipinski definition) is 8. The van der Waals surface area contributed by atoms with E-state index in [4.69, 9.17) is 16.3 Å². The molecule has 1 aromatic carbocycles. The van der Waals surface area contributed by atoms with E-state index in [0.29, 0.717) is 10.6 Å². The zero-order valence-electron chi connectivity index (χ0n) is 17.8. The third kappa shape index (κ3) is 5.78. The predicted molar refractivity (Wildman–Crippen MR) is 118 cm³/mol. The lowest BCUT2D eigenvalue weighted by molar-refractivity contribution is -0.123. The van der Waals surface area contributed by atoms with Crippen molar-refractivity contribution in [1.29, 1.82) is 5.26 Å². The van der Waals surface area contributed by atoms with Gasteiger partial charge in [-0.1, -0.05) is 23.7 Å². The van der Waals surface area contributed by atoms with Crippen LogP contribution in [-0.4, -0.2) is 45.0 Å². The summed E-state index contributed by atoms with van der Waals surface area (Å²) in [6, 6.07) is 8.87. The minimum atomic E-state index is -3.98. The molecule has 0 spiro atoms. The molecule has 0 aliphatic carbocycles. The Balaban J connectivity index is 1.71. The van der Waals surface area contributed by atoms with Crippen LogP contribution >= 0.6 is 11.6 Å². The van der Waals surface area contributed by atoms with Crippen LogP contribution in [0.4, 0.5) is 14.6 Å². The number of carbonyl (C=O) groups is 2. The van der Waals surface area contributed by atoms with Crippen LogP contribution in [0, 0.1) is 17.2 Å². The topological polar surface area (TPSA) is 129 Å². The van der Waals surface area contributed by atoms with Crippen molar-refractivity contribution in [1.82, 2.24) is 9.71 Å². The second-order valence-electron chi connectivity index (χ2n) is 7.38. The van der Waals surface area contributed by atoms with Gasteiger partial charge in [-0.3, -0.25) is 9.52 Å². The zero-order chi connectivity index (χ0) is 25.0. The first-order chi connectivity index (χ1) is 16.0. The standard InChI is InChI=1S/C21H19ClF2N4O5S/c1-2-33-21(30)16-7-13(8-25)19(26-17(16)18(23)24)28-9-14(10-28)20(29)27-34(31,32)11-12-3-5-15(22)6-4-12/h3-7,14,18H,2,9-11H2,1H3,(H,27,29). The summed E-state index contributed by atoms with van der Waals surface area (Å²) in [7, 11) is -3.98. The molecule has 13 heteroatoms. The lowest BCUT2D eigenvalue weighted by Crippen LogP contribution is -2.55. The van der Waals surface area contributed by atoms with Crippen LogP contribution in [0.1, 0.15) is 40.5 Å². The van der Waals surface area contributed by atoms with Crippen molar-refractivity contribution in [2.24, 2.45) is 5.92 Å². The van der Waals surface area contributed by atoms with Crippen LogP contribution in [-0.2, 0) is 25.3 Å². The van der Waals surface area contributed by atoms with Gasteiger partial charge in [0.05, 0.1) is 29.4 Å². The summed E-state index contributed by atoms with van der Waals surface area (Å²) < 4.78 is 58.4. The van der Waals surface area contributed by atoms with Crippen molar-refractivity contribution in [2.75, 3.05) is 24.6 Å². The fourth-order valence-electron chi connectivity index (χ4n) is 3.27. The van der Waals surface area contributed by atoms with E-state index in [1.165, 1.54) is 36.1 Å². The minimum absolute atomic E-state index is 0.0466. The molecular weight excluding hydrogens is 494 g/mol. The zero-order valence-corrected chi connectivity index (χ0v) is 19.4. The average Bonchev–Trinajstić information content (AvgIpc) is 2.73. The number of nitrogens with one attached hydrogen (secondary N) is 1. The first-order valence-electron chi connectivity index (χ1n) is 9.98. The number of nitrogens with zero attached hydrogens (tertiary/aromatic N) is 3. The number of sulfonamides is 1. The van der Waals surface area contributed by atoms with E-state index in [0.717, 1.165) is 6.07 Å². The maximum atomic E-state index is 13.5. The molecule has 2 heterocycles. The smallest absolute Gasteiger partial charge is 0.340 e. The Kier molecular flexibility index (Phi) is 7.68. The summed E-state index contributed by atoms with van der Waals surface area (Å²) in [6.07, 6.45) is -3.11. The van der Waals surface area contributed by atoms with E-state index in [2.05, 4.69) is 4.98 Å². The van der Waals surface area contributed by atoms with Crippen LogP contribution in [0.2, 0.25) is 5.02 Å². The molecular formula is C21H19ClF2N4O5S. The van der Waals surface area contributed by atoms with Gasteiger partial charge in [0.1, 0.15) is 17.6 Å². The maximum absolute atomic E-state index is 13.5. The molecule has 0 radical (unpaired) electrons. The van der Waals surface area contributed by atoms with E-state index < -0.39 is 51.3 Å². The number of carbonyl (C=O) groups excluding carboxylic acids is 2. The number of nitriles is 1. The fourth-order valence-corrected chi connectivity index (χ4v) is 4.57. The first kappa shape index (κ1) is 25.3. The molecule has 1 aromatic heterocycles. The van der Waals surface area contributed by atoms with E-state index >= 15 is 0 Å². The molecule has 1 saturated heterocycles. The molecule has 1 amide bonds. The fraction of sp³-hybridized carbons (Fsp3) is 0.333. The molecule has 9 nitrogen and oxygen atoms in total. The normalized spacial score (nSPS) is 13.8. The average molecular weight is 513 g/mol.